The van der Waals surface area contributed by atoms with Crippen molar-refractivity contribution in [2.24, 2.45) is 16.7 Å². The average molecular weight is 402 g/mol. The van der Waals surface area contributed by atoms with Gasteiger partial charge >= 0.3 is 0 Å². The number of rotatable bonds is 3. The second kappa shape index (κ2) is 6.52. The Morgan fingerprint density at radius 1 is 1.15 bits per heavy atom. The zero-order valence-electron chi connectivity index (χ0n) is 12.9. The number of hydrogen-bond acceptors (Lipinski definition) is 0. The first-order chi connectivity index (χ1) is 9.36. The standard InChI is InChI=1S/C18H26Br2/c1-17(2,3)15-8-10-18(13-19,11-9-15)12-14-6-4-5-7-16(14)20/h4-7,15H,8-13H2,1-3H3. The number of alkyl halides is 1. The molecule has 0 nitrogen and oxygen atoms in total. The summed E-state index contributed by atoms with van der Waals surface area (Å²) < 4.78 is 1.26. The molecule has 0 radical (unpaired) electrons. The molecule has 0 saturated heterocycles. The van der Waals surface area contributed by atoms with Crippen LogP contribution in [0.1, 0.15) is 52.0 Å². The molecule has 0 aliphatic heterocycles. The highest BCUT2D eigenvalue weighted by molar-refractivity contribution is 9.10. The van der Waals surface area contributed by atoms with Crippen molar-refractivity contribution in [2.45, 2.75) is 52.9 Å². The maximum atomic E-state index is 3.81. The van der Waals surface area contributed by atoms with Crippen LogP contribution in [0.25, 0.3) is 0 Å². The SMILES string of the molecule is CC(C)(C)C1CCC(CBr)(Cc2ccccc2Br)CC1. The minimum Gasteiger partial charge on any atom is -0.0922 e. The van der Waals surface area contributed by atoms with Crippen LogP contribution < -0.4 is 0 Å². The lowest BCUT2D eigenvalue weighted by molar-refractivity contribution is 0.103. The summed E-state index contributed by atoms with van der Waals surface area (Å²) in [5.41, 5.74) is 2.37. The molecule has 1 aromatic carbocycles. The zero-order valence-corrected chi connectivity index (χ0v) is 16.1. The normalized spacial score (nSPS) is 27.6. The Hall–Kier alpha value is 0.180. The van der Waals surface area contributed by atoms with Crippen LogP contribution in [0, 0.1) is 16.7 Å². The molecule has 1 saturated carbocycles. The highest BCUT2D eigenvalue weighted by atomic mass is 79.9. The fourth-order valence-corrected chi connectivity index (χ4v) is 4.68. The quantitative estimate of drug-likeness (QED) is 0.499. The van der Waals surface area contributed by atoms with Crippen molar-refractivity contribution >= 4 is 31.9 Å². The van der Waals surface area contributed by atoms with Gasteiger partial charge in [-0.05, 0) is 60.5 Å². The van der Waals surface area contributed by atoms with Gasteiger partial charge in [-0.3, -0.25) is 0 Å². The van der Waals surface area contributed by atoms with E-state index in [9.17, 15) is 0 Å². The molecular formula is C18H26Br2. The van der Waals surface area contributed by atoms with Crippen LogP contribution in [0.15, 0.2) is 28.7 Å². The smallest absolute Gasteiger partial charge is 0.0207 e. The van der Waals surface area contributed by atoms with E-state index in [2.05, 4.69) is 76.9 Å². The monoisotopic (exact) mass is 400 g/mol. The largest absolute Gasteiger partial charge is 0.0922 e. The minimum atomic E-state index is 0.450. The first-order valence-electron chi connectivity index (χ1n) is 7.66. The summed E-state index contributed by atoms with van der Waals surface area (Å²) >= 11 is 7.51. The predicted octanol–water partition coefficient (Wildman–Crippen LogP) is 6.61. The van der Waals surface area contributed by atoms with Gasteiger partial charge in [-0.25, -0.2) is 0 Å². The predicted molar refractivity (Wildman–Crippen MR) is 95.5 cm³/mol. The molecule has 1 fully saturated rings. The van der Waals surface area contributed by atoms with Crippen LogP contribution in [0.2, 0.25) is 0 Å². The van der Waals surface area contributed by atoms with Crippen molar-refractivity contribution in [3.63, 3.8) is 0 Å². The molecule has 1 aromatic rings. The Bertz CT molecular complexity index is 437. The van der Waals surface area contributed by atoms with Gasteiger partial charge in [0.15, 0.2) is 0 Å². The molecule has 20 heavy (non-hydrogen) atoms. The third-order valence-corrected chi connectivity index (χ3v) is 7.04. The van der Waals surface area contributed by atoms with E-state index in [1.54, 1.807) is 0 Å². The van der Waals surface area contributed by atoms with Crippen molar-refractivity contribution in [3.8, 4) is 0 Å². The number of halogens is 2. The van der Waals surface area contributed by atoms with E-state index < -0.39 is 0 Å². The molecule has 1 aliphatic carbocycles. The highest BCUT2D eigenvalue weighted by Crippen LogP contribution is 2.48. The van der Waals surface area contributed by atoms with Crippen LogP contribution in [-0.4, -0.2) is 5.33 Å². The molecule has 0 unspecified atom stereocenters. The molecule has 2 heteroatoms. The maximum Gasteiger partial charge on any atom is 0.0207 e. The van der Waals surface area contributed by atoms with Gasteiger partial charge in [-0.2, -0.15) is 0 Å². The molecule has 2 rings (SSSR count). The van der Waals surface area contributed by atoms with Crippen molar-refractivity contribution in [1.29, 1.82) is 0 Å². The number of benzene rings is 1. The molecule has 0 atom stereocenters. The number of hydrogen-bond donors (Lipinski definition) is 0. The molecular weight excluding hydrogens is 376 g/mol. The average Bonchev–Trinajstić information content (AvgIpc) is 2.41. The summed E-state index contributed by atoms with van der Waals surface area (Å²) in [6, 6.07) is 8.69. The summed E-state index contributed by atoms with van der Waals surface area (Å²) in [4.78, 5) is 0. The molecule has 0 amide bonds. The van der Waals surface area contributed by atoms with Gasteiger partial charge in [-0.15, -0.1) is 0 Å². The van der Waals surface area contributed by atoms with Gasteiger partial charge in [-0.1, -0.05) is 70.8 Å². The molecule has 0 aromatic heterocycles. The Labute approximate surface area is 141 Å². The van der Waals surface area contributed by atoms with Crippen LogP contribution >= 0.6 is 31.9 Å². The van der Waals surface area contributed by atoms with Crippen molar-refractivity contribution in [3.05, 3.63) is 34.3 Å². The fourth-order valence-electron chi connectivity index (χ4n) is 3.50. The van der Waals surface area contributed by atoms with Crippen molar-refractivity contribution in [1.82, 2.24) is 0 Å². The first kappa shape index (κ1) is 16.5. The van der Waals surface area contributed by atoms with Crippen LogP contribution in [0.5, 0.6) is 0 Å². The lowest BCUT2D eigenvalue weighted by atomic mass is 9.63. The van der Waals surface area contributed by atoms with E-state index in [1.807, 2.05) is 0 Å². The lowest BCUT2D eigenvalue weighted by Crippen LogP contribution is -2.35. The van der Waals surface area contributed by atoms with E-state index in [1.165, 1.54) is 42.1 Å². The third kappa shape index (κ3) is 3.88. The minimum absolute atomic E-state index is 0.450. The van der Waals surface area contributed by atoms with Crippen molar-refractivity contribution < 1.29 is 0 Å². The Kier molecular flexibility index (Phi) is 5.40. The van der Waals surface area contributed by atoms with E-state index in [4.69, 9.17) is 0 Å². The van der Waals surface area contributed by atoms with Gasteiger partial charge in [0.25, 0.3) is 0 Å². The van der Waals surface area contributed by atoms with E-state index in [0.717, 1.165) is 11.2 Å². The summed E-state index contributed by atoms with van der Waals surface area (Å²) in [7, 11) is 0. The summed E-state index contributed by atoms with van der Waals surface area (Å²) in [5.74, 6) is 0.883. The maximum absolute atomic E-state index is 3.81. The molecule has 0 N–H and O–H groups in total. The van der Waals surface area contributed by atoms with E-state index >= 15 is 0 Å². The molecule has 0 spiro atoms. The lowest BCUT2D eigenvalue weighted by Gasteiger charge is -2.43. The van der Waals surface area contributed by atoms with Gasteiger partial charge < -0.3 is 0 Å². The first-order valence-corrected chi connectivity index (χ1v) is 9.57. The topological polar surface area (TPSA) is 0 Å². The van der Waals surface area contributed by atoms with E-state index in [-0.39, 0.29) is 0 Å². The fraction of sp³-hybridized carbons (Fsp3) is 0.667. The second-order valence-corrected chi connectivity index (χ2v) is 8.96. The van der Waals surface area contributed by atoms with Gasteiger partial charge in [0.2, 0.25) is 0 Å². The Balaban J connectivity index is 2.08. The molecule has 112 valence electrons. The summed E-state index contributed by atoms with van der Waals surface area (Å²) in [6.07, 6.45) is 6.64. The molecule has 1 aliphatic rings. The highest BCUT2D eigenvalue weighted by Gasteiger charge is 2.38. The van der Waals surface area contributed by atoms with Gasteiger partial charge in [0.1, 0.15) is 0 Å². The molecule has 0 heterocycles. The van der Waals surface area contributed by atoms with Crippen LogP contribution in [0.4, 0.5) is 0 Å². The third-order valence-electron chi connectivity index (χ3n) is 5.08. The van der Waals surface area contributed by atoms with Gasteiger partial charge in [0, 0.05) is 9.80 Å². The molecule has 0 bridgehead atoms. The summed E-state index contributed by atoms with van der Waals surface area (Å²) in [6.45, 7) is 7.19. The van der Waals surface area contributed by atoms with Crippen LogP contribution in [0.3, 0.4) is 0 Å². The Morgan fingerprint density at radius 3 is 2.25 bits per heavy atom. The van der Waals surface area contributed by atoms with E-state index in [0.29, 0.717) is 10.8 Å². The van der Waals surface area contributed by atoms with Gasteiger partial charge in [0.05, 0.1) is 0 Å². The Morgan fingerprint density at radius 2 is 1.75 bits per heavy atom. The summed E-state index contributed by atoms with van der Waals surface area (Å²) in [5, 5.41) is 1.12. The van der Waals surface area contributed by atoms with Crippen molar-refractivity contribution in [2.75, 3.05) is 5.33 Å². The van der Waals surface area contributed by atoms with Crippen LogP contribution in [-0.2, 0) is 6.42 Å². The second-order valence-electron chi connectivity index (χ2n) is 7.54. The zero-order chi connectivity index (χ0) is 14.8.